The molecule has 6 aromatic carbocycles. The Labute approximate surface area is 304 Å². The van der Waals surface area contributed by atoms with Crippen molar-refractivity contribution >= 4 is 35.3 Å². The van der Waals surface area contributed by atoms with Gasteiger partial charge in [-0.2, -0.15) is 0 Å². The molecule has 0 amide bonds. The van der Waals surface area contributed by atoms with E-state index < -0.39 is 0 Å². The second-order valence-electron chi connectivity index (χ2n) is 14.8. The summed E-state index contributed by atoms with van der Waals surface area (Å²) in [5.41, 5.74) is 20.4. The van der Waals surface area contributed by atoms with Crippen molar-refractivity contribution in [1.82, 2.24) is 0 Å². The summed E-state index contributed by atoms with van der Waals surface area (Å²) < 4.78 is 0. The number of hydrogen-bond donors (Lipinski definition) is 0. The number of anilines is 1. The lowest BCUT2D eigenvalue weighted by Gasteiger charge is -2.41. The van der Waals surface area contributed by atoms with Gasteiger partial charge in [0.1, 0.15) is 0 Å². The molecule has 51 heavy (non-hydrogen) atoms. The summed E-state index contributed by atoms with van der Waals surface area (Å²) >= 11 is 0. The van der Waals surface area contributed by atoms with Crippen LogP contribution in [0.1, 0.15) is 63.9 Å². The monoisotopic (exact) mass is 657 g/mol. The molecule has 8 rings (SSSR count). The summed E-state index contributed by atoms with van der Waals surface area (Å²) in [6.45, 7) is 13.7. The van der Waals surface area contributed by atoms with Crippen LogP contribution in [0.2, 0.25) is 0 Å². The van der Waals surface area contributed by atoms with Crippen LogP contribution in [0.4, 0.5) is 5.69 Å². The molecule has 0 aromatic heterocycles. The van der Waals surface area contributed by atoms with Crippen LogP contribution in [0.5, 0.6) is 0 Å². The number of hydrogen-bond acceptors (Lipinski definition) is 1. The van der Waals surface area contributed by atoms with Gasteiger partial charge in [0.25, 0.3) is 0 Å². The van der Waals surface area contributed by atoms with Gasteiger partial charge in [0.05, 0.1) is 0 Å². The van der Waals surface area contributed by atoms with Crippen LogP contribution in [-0.4, -0.2) is 6.85 Å². The SMILES string of the molecule is Cc1cc(C)c(B2C(/C=C/c3ccccc3)=C(c3ccccc3C)C=C(c3ccccc3)N2c2ccc3c(c2)C(C)(C)c2ccccc2-3)c(C)c1. The molecule has 0 saturated heterocycles. The van der Waals surface area contributed by atoms with E-state index in [1.807, 2.05) is 0 Å². The Morgan fingerprint density at radius 2 is 1.16 bits per heavy atom. The van der Waals surface area contributed by atoms with Gasteiger partial charge < -0.3 is 4.81 Å². The van der Waals surface area contributed by atoms with Crippen molar-refractivity contribution in [2.45, 2.75) is 47.0 Å². The molecule has 0 fully saturated rings. The molecule has 0 N–H and O–H groups in total. The second-order valence-corrected chi connectivity index (χ2v) is 14.8. The number of benzene rings is 6. The molecule has 1 nitrogen and oxygen atoms in total. The largest absolute Gasteiger partial charge is 0.376 e. The van der Waals surface area contributed by atoms with Crippen molar-refractivity contribution in [2.24, 2.45) is 0 Å². The third kappa shape index (κ3) is 5.70. The third-order valence-electron chi connectivity index (χ3n) is 11.0. The molecule has 2 heteroatoms. The first-order chi connectivity index (χ1) is 24.7. The number of aryl methyl sites for hydroxylation is 4. The third-order valence-corrected chi connectivity index (χ3v) is 11.0. The zero-order valence-corrected chi connectivity index (χ0v) is 30.5. The van der Waals surface area contributed by atoms with Crippen LogP contribution in [0.25, 0.3) is 28.5 Å². The van der Waals surface area contributed by atoms with E-state index in [1.165, 1.54) is 89.1 Å². The molecule has 248 valence electrons. The number of allylic oxidation sites excluding steroid dienone is 4. The van der Waals surface area contributed by atoms with Gasteiger partial charge in [0.15, 0.2) is 0 Å². The maximum absolute atomic E-state index is 2.63. The van der Waals surface area contributed by atoms with Crippen LogP contribution < -0.4 is 10.3 Å². The smallest absolute Gasteiger partial charge is 0.329 e. The molecule has 0 saturated carbocycles. The fourth-order valence-corrected chi connectivity index (χ4v) is 8.62. The highest BCUT2D eigenvalue weighted by molar-refractivity contribution is 6.87. The molecule has 0 spiro atoms. The Bertz CT molecular complexity index is 2350. The molecular formula is C49H44BN. The normalized spacial score (nSPS) is 14.9. The van der Waals surface area contributed by atoms with E-state index in [0.717, 1.165) is 0 Å². The number of rotatable bonds is 6. The van der Waals surface area contributed by atoms with Crippen molar-refractivity contribution in [3.05, 3.63) is 207 Å². The Morgan fingerprint density at radius 1 is 0.549 bits per heavy atom. The Kier molecular flexibility index (Phi) is 8.27. The average Bonchev–Trinajstić information content (AvgIpc) is 3.37. The summed E-state index contributed by atoms with van der Waals surface area (Å²) in [4.78, 5) is 2.63. The van der Waals surface area contributed by atoms with Crippen LogP contribution in [0, 0.1) is 27.7 Å². The van der Waals surface area contributed by atoms with Gasteiger partial charge in [-0.05, 0) is 107 Å². The summed E-state index contributed by atoms with van der Waals surface area (Å²) in [6, 6.07) is 51.4. The quantitative estimate of drug-likeness (QED) is 0.161. The van der Waals surface area contributed by atoms with Crippen molar-refractivity contribution in [2.75, 3.05) is 4.81 Å². The molecular weight excluding hydrogens is 613 g/mol. The lowest BCUT2D eigenvalue weighted by molar-refractivity contribution is 0.660. The fraction of sp³-hybridized carbons (Fsp3) is 0.143. The van der Waals surface area contributed by atoms with E-state index in [9.17, 15) is 0 Å². The van der Waals surface area contributed by atoms with Crippen LogP contribution >= 0.6 is 0 Å². The van der Waals surface area contributed by atoms with Crippen LogP contribution in [-0.2, 0) is 5.41 Å². The second kappa shape index (κ2) is 12.9. The molecule has 0 atom stereocenters. The first kappa shape index (κ1) is 32.6. The van der Waals surface area contributed by atoms with Crippen LogP contribution in [0.15, 0.2) is 157 Å². The maximum Gasteiger partial charge on any atom is 0.329 e. The molecule has 0 radical (unpaired) electrons. The van der Waals surface area contributed by atoms with Crippen molar-refractivity contribution in [3.63, 3.8) is 0 Å². The highest BCUT2D eigenvalue weighted by Crippen LogP contribution is 2.50. The van der Waals surface area contributed by atoms with E-state index in [0.29, 0.717) is 0 Å². The van der Waals surface area contributed by atoms with Gasteiger partial charge >= 0.3 is 6.85 Å². The van der Waals surface area contributed by atoms with Crippen molar-refractivity contribution < 1.29 is 0 Å². The highest BCUT2D eigenvalue weighted by atomic mass is 15.1. The topological polar surface area (TPSA) is 3.24 Å². The predicted molar refractivity (Wildman–Crippen MR) is 221 cm³/mol. The molecule has 6 aromatic rings. The minimum absolute atomic E-state index is 0.0923. The Balaban J connectivity index is 1.47. The average molecular weight is 658 g/mol. The van der Waals surface area contributed by atoms with E-state index in [4.69, 9.17) is 0 Å². The summed E-state index contributed by atoms with van der Waals surface area (Å²) in [6.07, 6.45) is 7.13. The lowest BCUT2D eigenvalue weighted by atomic mass is 9.43. The number of fused-ring (bicyclic) bond motifs is 3. The van der Waals surface area contributed by atoms with Crippen molar-refractivity contribution in [3.8, 4) is 11.1 Å². The van der Waals surface area contributed by atoms with E-state index in [-0.39, 0.29) is 12.3 Å². The number of nitrogens with zero attached hydrogens (tertiary/aromatic N) is 1. The maximum atomic E-state index is 2.63. The summed E-state index contributed by atoms with van der Waals surface area (Å²) in [5, 5.41) is 0. The van der Waals surface area contributed by atoms with E-state index in [2.05, 4.69) is 204 Å². The van der Waals surface area contributed by atoms with Gasteiger partial charge in [-0.25, -0.2) is 0 Å². The lowest BCUT2D eigenvalue weighted by Crippen LogP contribution is -2.53. The van der Waals surface area contributed by atoms with E-state index in [1.54, 1.807) is 0 Å². The Hall–Kier alpha value is -5.60. The van der Waals surface area contributed by atoms with Gasteiger partial charge in [-0.1, -0.05) is 170 Å². The molecule has 1 aliphatic carbocycles. The highest BCUT2D eigenvalue weighted by Gasteiger charge is 2.41. The molecule has 2 aliphatic rings. The minimum atomic E-state index is -0.113. The predicted octanol–water partition coefficient (Wildman–Crippen LogP) is 11.7. The van der Waals surface area contributed by atoms with E-state index >= 15 is 0 Å². The molecule has 0 unspecified atom stereocenters. The molecule has 1 heterocycles. The van der Waals surface area contributed by atoms with Gasteiger partial charge in [0, 0.05) is 16.8 Å². The molecule has 0 bridgehead atoms. The first-order valence-electron chi connectivity index (χ1n) is 18.1. The Morgan fingerprint density at radius 3 is 1.86 bits per heavy atom. The zero-order chi connectivity index (χ0) is 35.3. The molecule has 1 aliphatic heterocycles. The standard InChI is InChI=1S/C49H44BN/c1-33-29-35(3)48(36(4)30-33)50-46(28-25-37-18-9-7-10-19-37)43(40-22-14-13-17-34(40)2)32-47(38-20-11-8-12-21-38)51(50)39-26-27-42-41-23-15-16-24-44(41)49(5,6)45(42)31-39/h7-32H,1-6H3/b28-25+. The van der Waals surface area contributed by atoms with Gasteiger partial charge in [-0.15, -0.1) is 0 Å². The van der Waals surface area contributed by atoms with Gasteiger partial charge in [0.2, 0.25) is 0 Å². The fourth-order valence-electron chi connectivity index (χ4n) is 8.62. The van der Waals surface area contributed by atoms with Gasteiger partial charge in [-0.3, -0.25) is 0 Å². The van der Waals surface area contributed by atoms with Crippen LogP contribution in [0.3, 0.4) is 0 Å². The first-order valence-corrected chi connectivity index (χ1v) is 18.1. The summed E-state index contributed by atoms with van der Waals surface area (Å²) in [7, 11) is 0. The minimum Gasteiger partial charge on any atom is -0.376 e. The summed E-state index contributed by atoms with van der Waals surface area (Å²) in [5.74, 6) is 0. The zero-order valence-electron chi connectivity index (χ0n) is 30.5. The van der Waals surface area contributed by atoms with Crippen molar-refractivity contribution in [1.29, 1.82) is 0 Å².